The molecule has 3 heteroatoms. The van der Waals surface area contributed by atoms with Crippen LogP contribution >= 0.6 is 0 Å². The number of hydrogen-bond donors (Lipinski definition) is 0. The van der Waals surface area contributed by atoms with Crippen LogP contribution in [0.3, 0.4) is 0 Å². The lowest BCUT2D eigenvalue weighted by Crippen LogP contribution is -2.32. The van der Waals surface area contributed by atoms with Gasteiger partial charge in [-0.2, -0.15) is 0 Å². The van der Waals surface area contributed by atoms with Gasteiger partial charge in [0, 0.05) is 0 Å². The number of ether oxygens (including phenoxy) is 1. The molecule has 0 saturated carbocycles. The van der Waals surface area contributed by atoms with E-state index in [2.05, 4.69) is 161 Å². The first-order valence-electron chi connectivity index (χ1n) is 15.4. The maximum Gasteiger partial charge on any atom is 0.0789 e. The molecule has 1 heterocycles. The number of allylic oxidation sites excluding steroid dienone is 4. The predicted molar refractivity (Wildman–Crippen MR) is 191 cm³/mol. The molecule has 0 amide bonds. The fraction of sp³-hybridized carbons (Fsp3) is 0.200. The molecule has 4 aromatic carbocycles. The van der Waals surface area contributed by atoms with Crippen molar-refractivity contribution in [1.29, 1.82) is 0 Å². The highest BCUT2D eigenvalue weighted by Crippen LogP contribution is 2.53. The van der Waals surface area contributed by atoms with E-state index in [0.29, 0.717) is 13.2 Å². The molecule has 0 aromatic heterocycles. The summed E-state index contributed by atoms with van der Waals surface area (Å²) < 4.78 is 6.49. The zero-order chi connectivity index (χ0) is 30.2. The van der Waals surface area contributed by atoms with Crippen molar-refractivity contribution >= 4 is 38.4 Å². The fourth-order valence-corrected chi connectivity index (χ4v) is 11.2. The van der Waals surface area contributed by atoms with Gasteiger partial charge in [-0.3, -0.25) is 0 Å². The molecule has 0 fully saturated rings. The van der Waals surface area contributed by atoms with Gasteiger partial charge < -0.3 is 4.74 Å². The number of rotatable bonds is 6. The van der Waals surface area contributed by atoms with Crippen LogP contribution < -0.4 is 0 Å². The van der Waals surface area contributed by atoms with Crippen molar-refractivity contribution in [3.63, 3.8) is 0 Å². The molecule has 1 aliphatic heterocycles. The Morgan fingerprint density at radius 1 is 0.372 bits per heavy atom. The summed E-state index contributed by atoms with van der Waals surface area (Å²) >= 11 is 0. The minimum absolute atomic E-state index is 0.671. The lowest BCUT2D eigenvalue weighted by atomic mass is 9.78. The van der Waals surface area contributed by atoms with Crippen molar-refractivity contribution in [2.75, 3.05) is 13.2 Å². The van der Waals surface area contributed by atoms with Crippen LogP contribution in [0.2, 0.25) is 39.3 Å². The molecule has 43 heavy (non-hydrogen) atoms. The molecule has 0 saturated heterocycles. The third-order valence-corrected chi connectivity index (χ3v) is 12.6. The van der Waals surface area contributed by atoms with Crippen LogP contribution in [-0.4, -0.2) is 29.4 Å². The Hall–Kier alpha value is -3.77. The van der Waals surface area contributed by atoms with E-state index in [1.54, 1.807) is 0 Å². The van der Waals surface area contributed by atoms with E-state index < -0.39 is 16.1 Å². The van der Waals surface area contributed by atoms with Gasteiger partial charge in [0.15, 0.2) is 0 Å². The van der Waals surface area contributed by atoms with Crippen molar-refractivity contribution in [1.82, 2.24) is 0 Å². The molecule has 4 aromatic rings. The summed E-state index contributed by atoms with van der Waals surface area (Å²) in [7, 11) is -3.87. The Morgan fingerprint density at radius 2 is 0.628 bits per heavy atom. The highest BCUT2D eigenvalue weighted by Gasteiger charge is 2.40. The summed E-state index contributed by atoms with van der Waals surface area (Å²) in [6.45, 7) is 16.4. The Kier molecular flexibility index (Phi) is 7.99. The van der Waals surface area contributed by atoms with Crippen LogP contribution in [0, 0.1) is 0 Å². The monoisotopic (exact) mass is 594 g/mol. The predicted octanol–water partition coefficient (Wildman–Crippen LogP) is 10.6. The van der Waals surface area contributed by atoms with Gasteiger partial charge in [0.25, 0.3) is 0 Å². The average Bonchev–Trinajstić information content (AvgIpc) is 3.45. The first-order valence-corrected chi connectivity index (χ1v) is 22.4. The molecule has 0 bridgehead atoms. The smallest absolute Gasteiger partial charge is 0.0789 e. The SMILES string of the molecule is C[Si](C)(C)/C1=C(c2ccccc2)/C(c2ccccc2)=C(c2ccccc2)\C(c2ccccc2)=C(\[Si](C)(C)C)C2=C1COC2. The molecule has 0 radical (unpaired) electrons. The van der Waals surface area contributed by atoms with E-state index in [0.717, 1.165) is 0 Å². The third kappa shape index (κ3) is 5.65. The minimum Gasteiger partial charge on any atom is -0.372 e. The highest BCUT2D eigenvalue weighted by molar-refractivity contribution is 6.87. The molecule has 6 rings (SSSR count). The van der Waals surface area contributed by atoms with Crippen molar-refractivity contribution in [2.45, 2.75) is 39.3 Å². The number of hydrogen-bond acceptors (Lipinski definition) is 1. The molecule has 0 unspecified atom stereocenters. The number of benzene rings is 4. The Morgan fingerprint density at radius 3 is 0.884 bits per heavy atom. The quantitative estimate of drug-likeness (QED) is 0.202. The van der Waals surface area contributed by atoms with Gasteiger partial charge in [-0.1, -0.05) is 161 Å². The summed E-state index contributed by atoms with van der Waals surface area (Å²) in [6, 6.07) is 44.5. The molecule has 216 valence electrons. The van der Waals surface area contributed by atoms with Gasteiger partial charge in [0.05, 0.1) is 29.4 Å². The second-order valence-corrected chi connectivity index (χ2v) is 23.7. The van der Waals surface area contributed by atoms with E-state index in [9.17, 15) is 0 Å². The maximum absolute atomic E-state index is 6.49. The van der Waals surface area contributed by atoms with Crippen LogP contribution in [0.5, 0.6) is 0 Å². The second-order valence-electron chi connectivity index (χ2n) is 13.7. The summed E-state index contributed by atoms with van der Waals surface area (Å²) in [6.07, 6.45) is 0. The lowest BCUT2D eigenvalue weighted by molar-refractivity contribution is 0.206. The first-order chi connectivity index (χ1) is 20.7. The van der Waals surface area contributed by atoms with Gasteiger partial charge in [0.2, 0.25) is 0 Å². The topological polar surface area (TPSA) is 9.23 Å². The average molecular weight is 595 g/mol. The van der Waals surface area contributed by atoms with Crippen LogP contribution in [0.4, 0.5) is 0 Å². The lowest BCUT2D eigenvalue weighted by Gasteiger charge is -2.36. The van der Waals surface area contributed by atoms with Crippen LogP contribution in [0.15, 0.2) is 143 Å². The van der Waals surface area contributed by atoms with Crippen LogP contribution in [-0.2, 0) is 4.74 Å². The van der Waals surface area contributed by atoms with Gasteiger partial charge in [-0.25, -0.2) is 0 Å². The molecule has 0 N–H and O–H groups in total. The molecular weight excluding hydrogens is 553 g/mol. The van der Waals surface area contributed by atoms with E-state index in [4.69, 9.17) is 4.74 Å². The normalized spacial score (nSPS) is 21.4. The van der Waals surface area contributed by atoms with Crippen molar-refractivity contribution in [3.05, 3.63) is 165 Å². The molecule has 0 spiro atoms. The van der Waals surface area contributed by atoms with Crippen molar-refractivity contribution in [3.8, 4) is 0 Å². The van der Waals surface area contributed by atoms with Gasteiger partial charge >= 0.3 is 0 Å². The summed E-state index contributed by atoms with van der Waals surface area (Å²) in [5.74, 6) is 0. The van der Waals surface area contributed by atoms with Gasteiger partial charge in [-0.15, -0.1) is 0 Å². The molecular formula is C40H42OSi2. The molecule has 1 aliphatic carbocycles. The largest absolute Gasteiger partial charge is 0.372 e. The Balaban J connectivity index is 1.97. The second kappa shape index (κ2) is 11.7. The minimum atomic E-state index is -1.94. The zero-order valence-corrected chi connectivity index (χ0v) is 28.4. The van der Waals surface area contributed by atoms with Crippen molar-refractivity contribution in [2.24, 2.45) is 0 Å². The van der Waals surface area contributed by atoms with E-state index >= 15 is 0 Å². The summed E-state index contributed by atoms with van der Waals surface area (Å²) in [4.78, 5) is 0. The van der Waals surface area contributed by atoms with E-state index in [1.165, 1.54) is 66.1 Å². The van der Waals surface area contributed by atoms with Gasteiger partial charge in [-0.05, 0) is 66.1 Å². The maximum atomic E-state index is 6.49. The van der Waals surface area contributed by atoms with Crippen LogP contribution in [0.25, 0.3) is 22.3 Å². The first kappa shape index (κ1) is 29.3. The third-order valence-electron chi connectivity index (χ3n) is 8.46. The Bertz CT molecular complexity index is 1620. The van der Waals surface area contributed by atoms with Crippen molar-refractivity contribution < 1.29 is 4.74 Å². The molecule has 1 nitrogen and oxygen atoms in total. The highest BCUT2D eigenvalue weighted by atomic mass is 28.3. The van der Waals surface area contributed by atoms with Gasteiger partial charge in [0.1, 0.15) is 0 Å². The summed E-state index contributed by atoms with van der Waals surface area (Å²) in [5, 5.41) is 3.06. The molecule has 0 atom stereocenters. The molecule has 2 aliphatic rings. The summed E-state index contributed by atoms with van der Waals surface area (Å²) in [5.41, 5.74) is 13.3. The van der Waals surface area contributed by atoms with Crippen LogP contribution in [0.1, 0.15) is 22.3 Å². The van der Waals surface area contributed by atoms with E-state index in [-0.39, 0.29) is 0 Å². The van der Waals surface area contributed by atoms with E-state index in [1.807, 2.05) is 0 Å². The zero-order valence-electron chi connectivity index (χ0n) is 26.4. The standard InChI is InChI=1S/C40H42OSi2/c1-42(2,3)39-33-27-41-28-34(33)40(43(4,5)6)38(32-25-17-10-18-26-32)36(30-21-13-8-14-22-30)35(29-19-11-7-12-20-29)37(39)31-23-15-9-16-24-31/h7-26H,27-28H2,1-6H3/b36-35-,37-35?,38-36?,39-33?,39-37+,40-34?,40-38+. The Labute approximate surface area is 260 Å². The fourth-order valence-electron chi connectivity index (χ4n) is 6.91.